The molecule has 6 nitrogen and oxygen atoms in total. The number of halogens is 1. The van der Waals surface area contributed by atoms with Gasteiger partial charge in [-0.25, -0.2) is 4.79 Å². The van der Waals surface area contributed by atoms with Crippen molar-refractivity contribution in [2.45, 2.75) is 6.42 Å². The van der Waals surface area contributed by atoms with Gasteiger partial charge in [0.15, 0.2) is 0 Å². The van der Waals surface area contributed by atoms with Crippen molar-refractivity contribution in [1.29, 1.82) is 0 Å². The lowest BCUT2D eigenvalue weighted by molar-refractivity contribution is -0.139. The molecule has 1 aliphatic rings. The van der Waals surface area contributed by atoms with Crippen molar-refractivity contribution < 1.29 is 24.2 Å². The minimum absolute atomic E-state index is 0.248. The van der Waals surface area contributed by atoms with Crippen LogP contribution < -0.4 is 5.32 Å². The Kier molecular flexibility index (Phi) is 3.94. The lowest BCUT2D eigenvalue weighted by Crippen LogP contribution is -2.17. The van der Waals surface area contributed by atoms with Gasteiger partial charge in [-0.15, -0.1) is 0 Å². The molecular formula is C13H12ClNO5. The van der Waals surface area contributed by atoms with Gasteiger partial charge in [0.2, 0.25) is 5.91 Å². The fraction of sp³-hybridized carbons (Fsp3) is 0.308. The molecule has 0 unspecified atom stereocenters. The predicted molar refractivity (Wildman–Crippen MR) is 70.7 cm³/mol. The third kappa shape index (κ3) is 2.91. The zero-order chi connectivity index (χ0) is 14.9. The normalized spacial score (nSPS) is 20.1. The number of benzene rings is 1. The molecule has 1 aromatic rings. The predicted octanol–water partition coefficient (Wildman–Crippen LogP) is 1.79. The van der Waals surface area contributed by atoms with Crippen molar-refractivity contribution in [3.8, 4) is 0 Å². The summed E-state index contributed by atoms with van der Waals surface area (Å²) in [6.07, 6.45) is 0.315. The Morgan fingerprint density at radius 3 is 2.60 bits per heavy atom. The second-order valence-corrected chi connectivity index (χ2v) is 4.87. The molecule has 20 heavy (non-hydrogen) atoms. The second-order valence-electron chi connectivity index (χ2n) is 4.46. The lowest BCUT2D eigenvalue weighted by Gasteiger charge is -2.08. The van der Waals surface area contributed by atoms with Crippen LogP contribution in [0.4, 0.5) is 5.69 Å². The molecule has 0 saturated heterocycles. The van der Waals surface area contributed by atoms with Gasteiger partial charge in [-0.2, -0.15) is 0 Å². The second kappa shape index (κ2) is 5.50. The first-order chi connectivity index (χ1) is 9.43. The van der Waals surface area contributed by atoms with Gasteiger partial charge in [-0.1, -0.05) is 11.6 Å². The van der Waals surface area contributed by atoms with E-state index in [1.807, 2.05) is 0 Å². The van der Waals surface area contributed by atoms with E-state index in [0.717, 1.165) is 0 Å². The largest absolute Gasteiger partial charge is 0.481 e. The van der Waals surface area contributed by atoms with Gasteiger partial charge in [0.1, 0.15) is 0 Å². The average Bonchev–Trinajstić information content (AvgIpc) is 3.20. The van der Waals surface area contributed by atoms with Gasteiger partial charge in [-0.05, 0) is 24.6 Å². The van der Waals surface area contributed by atoms with Crippen LogP contribution in [0.3, 0.4) is 0 Å². The van der Waals surface area contributed by atoms with E-state index in [-0.39, 0.29) is 16.3 Å². The Bertz CT molecular complexity index is 586. The molecule has 1 aromatic carbocycles. The first-order valence-electron chi connectivity index (χ1n) is 5.85. The minimum Gasteiger partial charge on any atom is -0.481 e. The topological polar surface area (TPSA) is 92.7 Å². The number of hydrogen-bond donors (Lipinski definition) is 2. The first kappa shape index (κ1) is 14.3. The van der Waals surface area contributed by atoms with E-state index in [2.05, 4.69) is 10.1 Å². The highest BCUT2D eigenvalue weighted by atomic mass is 35.5. The van der Waals surface area contributed by atoms with Gasteiger partial charge in [-0.3, -0.25) is 9.59 Å². The maximum Gasteiger partial charge on any atom is 0.337 e. The van der Waals surface area contributed by atoms with E-state index in [1.165, 1.54) is 25.3 Å². The highest BCUT2D eigenvalue weighted by molar-refractivity contribution is 6.34. The monoisotopic (exact) mass is 297 g/mol. The number of aliphatic carboxylic acids is 1. The van der Waals surface area contributed by atoms with Gasteiger partial charge in [0, 0.05) is 0 Å². The number of carbonyl (C=O) groups excluding carboxylic acids is 2. The van der Waals surface area contributed by atoms with Crippen LogP contribution in [0.5, 0.6) is 0 Å². The summed E-state index contributed by atoms with van der Waals surface area (Å²) in [6, 6.07) is 4.33. The Hall–Kier alpha value is -2.08. The zero-order valence-electron chi connectivity index (χ0n) is 10.6. The number of hydrogen-bond acceptors (Lipinski definition) is 4. The molecule has 2 atom stereocenters. The highest BCUT2D eigenvalue weighted by Gasteiger charge is 2.48. The van der Waals surface area contributed by atoms with E-state index < -0.39 is 29.7 Å². The van der Waals surface area contributed by atoms with Crippen molar-refractivity contribution in [1.82, 2.24) is 0 Å². The molecule has 1 saturated carbocycles. The van der Waals surface area contributed by atoms with Gasteiger partial charge < -0.3 is 15.2 Å². The molecule has 106 valence electrons. The lowest BCUT2D eigenvalue weighted by atomic mass is 10.2. The van der Waals surface area contributed by atoms with Gasteiger partial charge in [0.25, 0.3) is 0 Å². The number of esters is 1. The maximum absolute atomic E-state index is 11.8. The summed E-state index contributed by atoms with van der Waals surface area (Å²) in [5.74, 6) is -3.14. The Morgan fingerprint density at radius 1 is 1.35 bits per heavy atom. The molecule has 0 aromatic heterocycles. The van der Waals surface area contributed by atoms with Crippen LogP contribution in [0.25, 0.3) is 0 Å². The van der Waals surface area contributed by atoms with E-state index in [9.17, 15) is 14.4 Å². The molecule has 0 aliphatic heterocycles. The Labute approximate surface area is 119 Å². The highest BCUT2D eigenvalue weighted by Crippen LogP contribution is 2.39. The van der Waals surface area contributed by atoms with E-state index in [4.69, 9.17) is 16.7 Å². The van der Waals surface area contributed by atoms with Crippen LogP contribution in [-0.2, 0) is 14.3 Å². The molecule has 2 N–H and O–H groups in total. The quantitative estimate of drug-likeness (QED) is 0.826. The SMILES string of the molecule is COC(=O)c1ccc(Cl)c(NC(=O)[C@@H]2C[C@@H]2C(=O)O)c1. The first-order valence-corrected chi connectivity index (χ1v) is 6.23. The third-order valence-corrected chi connectivity index (χ3v) is 3.42. The standard InChI is InChI=1S/C13H12ClNO5/c1-20-13(19)6-2-3-9(14)10(4-6)15-11(16)7-5-8(7)12(17)18/h2-4,7-8H,5H2,1H3,(H,15,16)(H,17,18)/t7-,8+/m1/s1. The van der Waals surface area contributed by atoms with Crippen LogP contribution >= 0.6 is 11.6 Å². The number of anilines is 1. The molecule has 7 heteroatoms. The Morgan fingerprint density at radius 2 is 2.05 bits per heavy atom. The van der Waals surface area contributed by atoms with Crippen LogP contribution in [-0.4, -0.2) is 30.1 Å². The van der Waals surface area contributed by atoms with E-state index in [0.29, 0.717) is 6.42 Å². The number of rotatable bonds is 4. The van der Waals surface area contributed by atoms with Crippen LogP contribution in [0.2, 0.25) is 5.02 Å². The van der Waals surface area contributed by atoms with E-state index in [1.54, 1.807) is 0 Å². The molecule has 0 spiro atoms. The zero-order valence-corrected chi connectivity index (χ0v) is 11.3. The van der Waals surface area contributed by atoms with Crippen molar-refractivity contribution in [2.24, 2.45) is 11.8 Å². The summed E-state index contributed by atoms with van der Waals surface area (Å²) in [5.41, 5.74) is 0.508. The number of carbonyl (C=O) groups is 3. The van der Waals surface area contributed by atoms with E-state index >= 15 is 0 Å². The van der Waals surface area contributed by atoms with Gasteiger partial charge in [0.05, 0.1) is 35.2 Å². The summed E-state index contributed by atoms with van der Waals surface area (Å²) < 4.78 is 4.57. The van der Waals surface area contributed by atoms with Crippen LogP contribution in [0.15, 0.2) is 18.2 Å². The van der Waals surface area contributed by atoms with Gasteiger partial charge >= 0.3 is 11.9 Å². The number of nitrogens with one attached hydrogen (secondary N) is 1. The van der Waals surface area contributed by atoms with Crippen molar-refractivity contribution >= 4 is 35.1 Å². The van der Waals surface area contributed by atoms with Crippen molar-refractivity contribution in [3.05, 3.63) is 28.8 Å². The molecule has 1 amide bonds. The van der Waals surface area contributed by atoms with Crippen molar-refractivity contribution in [3.63, 3.8) is 0 Å². The summed E-state index contributed by atoms with van der Waals surface area (Å²) >= 11 is 5.93. The molecular weight excluding hydrogens is 286 g/mol. The molecule has 2 rings (SSSR count). The Balaban J connectivity index is 2.11. The summed E-state index contributed by atoms with van der Waals surface area (Å²) in [7, 11) is 1.25. The number of carboxylic acid groups (broad SMARTS) is 1. The smallest absolute Gasteiger partial charge is 0.337 e. The summed E-state index contributed by atoms with van der Waals surface area (Å²) in [6.45, 7) is 0. The molecule has 0 bridgehead atoms. The fourth-order valence-electron chi connectivity index (χ4n) is 1.85. The fourth-order valence-corrected chi connectivity index (χ4v) is 2.01. The number of carboxylic acids is 1. The molecule has 0 radical (unpaired) electrons. The maximum atomic E-state index is 11.8. The van der Waals surface area contributed by atoms with Crippen LogP contribution in [0, 0.1) is 11.8 Å². The number of ether oxygens (including phenoxy) is 1. The average molecular weight is 298 g/mol. The molecule has 1 fully saturated rings. The molecule has 1 aliphatic carbocycles. The number of methoxy groups -OCH3 is 1. The minimum atomic E-state index is -0.987. The molecule has 0 heterocycles. The number of amides is 1. The van der Waals surface area contributed by atoms with Crippen molar-refractivity contribution in [2.75, 3.05) is 12.4 Å². The summed E-state index contributed by atoms with van der Waals surface area (Å²) in [5, 5.41) is 11.6. The summed E-state index contributed by atoms with van der Waals surface area (Å²) in [4.78, 5) is 33.9. The third-order valence-electron chi connectivity index (χ3n) is 3.09. The van der Waals surface area contributed by atoms with Crippen LogP contribution in [0.1, 0.15) is 16.8 Å².